The molecular formula is C24H21Cl2N3O3. The van der Waals surface area contributed by atoms with Gasteiger partial charge in [-0.2, -0.15) is 0 Å². The van der Waals surface area contributed by atoms with Gasteiger partial charge in [-0.05, 0) is 24.5 Å². The molecule has 32 heavy (non-hydrogen) atoms. The molecule has 1 aliphatic carbocycles. The second kappa shape index (κ2) is 8.03. The molecule has 0 bridgehead atoms. The van der Waals surface area contributed by atoms with E-state index in [1.807, 2.05) is 18.2 Å². The molecule has 8 heteroatoms. The van der Waals surface area contributed by atoms with E-state index in [2.05, 4.69) is 17.1 Å². The van der Waals surface area contributed by atoms with Crippen LogP contribution in [0.2, 0.25) is 10.0 Å². The number of fused-ring (bicyclic) bond motifs is 1. The zero-order valence-electron chi connectivity index (χ0n) is 17.1. The molecule has 6 nitrogen and oxygen atoms in total. The standard InChI is InChI=1S/C24H21Cl2N3O3/c25-17-8-4-7-15(19(17)26)20(30)22(32)29-12-9-18-16(13-29)21(31)28-23(27-18)24(10-11-24)14-5-2-1-3-6-14/h1-8,20,30H,9-13H2,(H,27,28,31). The van der Waals surface area contributed by atoms with Gasteiger partial charge >= 0.3 is 0 Å². The van der Waals surface area contributed by atoms with E-state index in [0.717, 1.165) is 18.4 Å². The number of nitrogens with one attached hydrogen (secondary N) is 1. The lowest BCUT2D eigenvalue weighted by Gasteiger charge is -2.30. The Hall–Kier alpha value is -2.67. The Bertz CT molecular complexity index is 1260. The van der Waals surface area contributed by atoms with E-state index in [1.165, 1.54) is 4.90 Å². The predicted octanol–water partition coefficient (Wildman–Crippen LogP) is 3.77. The van der Waals surface area contributed by atoms with Crippen LogP contribution in [0.1, 0.15) is 47.2 Å². The van der Waals surface area contributed by atoms with E-state index >= 15 is 0 Å². The van der Waals surface area contributed by atoms with Crippen molar-refractivity contribution in [1.29, 1.82) is 0 Å². The minimum absolute atomic E-state index is 0.0877. The SMILES string of the molecule is O=C(C(O)c1cccc(Cl)c1Cl)N1CCc2nc(C3(c4ccccc4)CC3)[nH]c(=O)c2C1. The largest absolute Gasteiger partial charge is 0.378 e. The van der Waals surface area contributed by atoms with Gasteiger partial charge in [-0.25, -0.2) is 4.98 Å². The van der Waals surface area contributed by atoms with Crippen molar-refractivity contribution in [3.8, 4) is 0 Å². The monoisotopic (exact) mass is 469 g/mol. The first-order valence-corrected chi connectivity index (χ1v) is 11.2. The third kappa shape index (κ3) is 3.52. The molecule has 1 amide bonds. The number of aromatic nitrogens is 2. The zero-order valence-corrected chi connectivity index (χ0v) is 18.7. The van der Waals surface area contributed by atoms with Gasteiger partial charge in [0.05, 0.1) is 33.3 Å². The Morgan fingerprint density at radius 3 is 2.59 bits per heavy atom. The first kappa shape index (κ1) is 21.2. The van der Waals surface area contributed by atoms with Crippen molar-refractivity contribution < 1.29 is 9.90 Å². The molecule has 1 atom stereocenters. The lowest BCUT2D eigenvalue weighted by atomic mass is 9.94. The van der Waals surface area contributed by atoms with Crippen LogP contribution in [0, 0.1) is 0 Å². The molecular weight excluding hydrogens is 449 g/mol. The van der Waals surface area contributed by atoms with Crippen LogP contribution in [0.25, 0.3) is 0 Å². The molecule has 2 aromatic carbocycles. The molecule has 3 aromatic rings. The molecule has 164 valence electrons. The van der Waals surface area contributed by atoms with Crippen LogP contribution in [0.15, 0.2) is 53.3 Å². The van der Waals surface area contributed by atoms with E-state index in [-0.39, 0.29) is 33.1 Å². The van der Waals surface area contributed by atoms with E-state index in [9.17, 15) is 14.7 Å². The number of rotatable bonds is 4. The molecule has 1 saturated carbocycles. The fraction of sp³-hybridized carbons (Fsp3) is 0.292. The quantitative estimate of drug-likeness (QED) is 0.608. The molecule has 2 aliphatic rings. The number of benzene rings is 2. The van der Waals surface area contributed by atoms with Gasteiger partial charge in [0.1, 0.15) is 5.82 Å². The fourth-order valence-corrected chi connectivity index (χ4v) is 4.83. The van der Waals surface area contributed by atoms with E-state index in [1.54, 1.807) is 18.2 Å². The van der Waals surface area contributed by atoms with Gasteiger partial charge in [-0.3, -0.25) is 9.59 Å². The normalized spacial score (nSPS) is 17.5. The molecule has 2 N–H and O–H groups in total. The molecule has 1 aromatic heterocycles. The maximum Gasteiger partial charge on any atom is 0.256 e. The molecule has 0 spiro atoms. The highest BCUT2D eigenvalue weighted by Crippen LogP contribution is 2.51. The molecule has 2 heterocycles. The van der Waals surface area contributed by atoms with Gasteiger partial charge in [0.15, 0.2) is 6.10 Å². The number of halogens is 2. The molecule has 1 unspecified atom stereocenters. The number of H-pyrrole nitrogens is 1. The topological polar surface area (TPSA) is 86.3 Å². The number of hydrogen-bond acceptors (Lipinski definition) is 4. The van der Waals surface area contributed by atoms with Crippen molar-refractivity contribution in [2.24, 2.45) is 0 Å². The van der Waals surface area contributed by atoms with Gasteiger partial charge in [0, 0.05) is 18.5 Å². The van der Waals surface area contributed by atoms with Crippen molar-refractivity contribution in [3.63, 3.8) is 0 Å². The van der Waals surface area contributed by atoms with Crippen LogP contribution in [-0.4, -0.2) is 32.4 Å². The number of aliphatic hydroxyl groups is 1. The second-order valence-corrected chi connectivity index (χ2v) is 9.13. The number of carbonyl (C=O) groups excluding carboxylic acids is 1. The lowest BCUT2D eigenvalue weighted by molar-refractivity contribution is -0.141. The number of aliphatic hydroxyl groups excluding tert-OH is 1. The number of amides is 1. The second-order valence-electron chi connectivity index (χ2n) is 8.34. The Labute approximate surface area is 194 Å². The van der Waals surface area contributed by atoms with Crippen LogP contribution in [0.5, 0.6) is 0 Å². The number of nitrogens with zero attached hydrogens (tertiary/aromatic N) is 2. The fourth-order valence-electron chi connectivity index (χ4n) is 4.42. The van der Waals surface area contributed by atoms with Crippen LogP contribution in [0.4, 0.5) is 0 Å². The minimum atomic E-state index is -1.46. The van der Waals surface area contributed by atoms with Gasteiger partial charge < -0.3 is 15.0 Å². The third-order valence-corrected chi connectivity index (χ3v) is 7.25. The van der Waals surface area contributed by atoms with Crippen molar-refractivity contribution in [2.75, 3.05) is 6.54 Å². The van der Waals surface area contributed by atoms with E-state index in [0.29, 0.717) is 30.0 Å². The average Bonchev–Trinajstić information content (AvgIpc) is 3.62. The van der Waals surface area contributed by atoms with Crippen LogP contribution in [0.3, 0.4) is 0 Å². The Morgan fingerprint density at radius 2 is 1.88 bits per heavy atom. The summed E-state index contributed by atoms with van der Waals surface area (Å²) in [5.74, 6) is 0.171. The maximum absolute atomic E-state index is 13.0. The van der Waals surface area contributed by atoms with Gasteiger partial charge in [0.25, 0.3) is 11.5 Å². The summed E-state index contributed by atoms with van der Waals surface area (Å²) in [6, 6.07) is 14.9. The minimum Gasteiger partial charge on any atom is -0.378 e. The summed E-state index contributed by atoms with van der Waals surface area (Å²) in [6.07, 6.45) is 0.868. The highest BCUT2D eigenvalue weighted by molar-refractivity contribution is 6.42. The average molecular weight is 470 g/mol. The summed E-state index contributed by atoms with van der Waals surface area (Å²) in [6.45, 7) is 0.444. The van der Waals surface area contributed by atoms with E-state index < -0.39 is 12.0 Å². The zero-order chi connectivity index (χ0) is 22.5. The number of hydrogen-bond donors (Lipinski definition) is 2. The summed E-state index contributed by atoms with van der Waals surface area (Å²) >= 11 is 12.2. The van der Waals surface area contributed by atoms with Gasteiger partial charge in [-0.15, -0.1) is 0 Å². The smallest absolute Gasteiger partial charge is 0.256 e. The Morgan fingerprint density at radius 1 is 1.12 bits per heavy atom. The lowest BCUT2D eigenvalue weighted by Crippen LogP contribution is -2.42. The van der Waals surface area contributed by atoms with Crippen LogP contribution in [-0.2, 0) is 23.2 Å². The summed E-state index contributed by atoms with van der Waals surface area (Å²) in [5, 5.41) is 11.0. The molecule has 1 aliphatic heterocycles. The molecule has 1 fully saturated rings. The molecule has 0 radical (unpaired) electrons. The van der Waals surface area contributed by atoms with Crippen molar-refractivity contribution in [2.45, 2.75) is 37.3 Å². The Kier molecular flexibility index (Phi) is 5.32. The highest BCUT2D eigenvalue weighted by atomic mass is 35.5. The first-order chi connectivity index (χ1) is 15.4. The van der Waals surface area contributed by atoms with Crippen molar-refractivity contribution in [1.82, 2.24) is 14.9 Å². The predicted molar refractivity (Wildman–Crippen MR) is 122 cm³/mol. The molecule has 5 rings (SSSR count). The third-order valence-electron chi connectivity index (χ3n) is 6.42. The summed E-state index contributed by atoms with van der Waals surface area (Å²) < 4.78 is 0. The van der Waals surface area contributed by atoms with Crippen LogP contribution >= 0.6 is 23.2 Å². The Balaban J connectivity index is 1.41. The first-order valence-electron chi connectivity index (χ1n) is 10.5. The van der Waals surface area contributed by atoms with Gasteiger partial charge in [0.2, 0.25) is 0 Å². The molecule has 0 saturated heterocycles. The number of carbonyl (C=O) groups is 1. The summed E-state index contributed by atoms with van der Waals surface area (Å²) in [7, 11) is 0. The summed E-state index contributed by atoms with van der Waals surface area (Å²) in [5.41, 5.74) is 2.10. The van der Waals surface area contributed by atoms with Crippen LogP contribution < -0.4 is 5.56 Å². The van der Waals surface area contributed by atoms with Crippen molar-refractivity contribution >= 4 is 29.1 Å². The van der Waals surface area contributed by atoms with E-state index in [4.69, 9.17) is 28.2 Å². The summed E-state index contributed by atoms with van der Waals surface area (Å²) in [4.78, 5) is 35.2. The highest BCUT2D eigenvalue weighted by Gasteiger charge is 2.48. The number of aromatic amines is 1. The maximum atomic E-state index is 13.0. The van der Waals surface area contributed by atoms with Crippen molar-refractivity contribution in [3.05, 3.63) is 97.1 Å². The van der Waals surface area contributed by atoms with Gasteiger partial charge in [-0.1, -0.05) is 65.7 Å².